The molecule has 0 saturated carbocycles. The van der Waals surface area contributed by atoms with Gasteiger partial charge in [-0.1, -0.05) is 6.92 Å². The van der Waals surface area contributed by atoms with Crippen LogP contribution in [0.2, 0.25) is 0 Å². The van der Waals surface area contributed by atoms with Gasteiger partial charge in [0.2, 0.25) is 0 Å². The van der Waals surface area contributed by atoms with Crippen molar-refractivity contribution in [2.75, 3.05) is 19.6 Å². The van der Waals surface area contributed by atoms with Crippen LogP contribution in [0.3, 0.4) is 0 Å². The van der Waals surface area contributed by atoms with E-state index in [2.05, 4.69) is 17.2 Å². The standard InChI is InChI=1S/C14H21N3O3S/c1-3-10-8-16-11(21-10)4-6-15-13(20)17-7-5-14(2,9-17)12(18)19/h8H,3-7,9H2,1-2H3,(H,15,20)(H,18,19). The molecular formula is C14H21N3O3S. The van der Waals surface area contributed by atoms with Gasteiger partial charge in [0.1, 0.15) is 0 Å². The van der Waals surface area contributed by atoms with Crippen molar-refractivity contribution in [3.63, 3.8) is 0 Å². The second-order valence-corrected chi connectivity index (χ2v) is 6.79. The normalized spacial score (nSPS) is 21.5. The Labute approximate surface area is 128 Å². The number of aliphatic carboxylic acids is 1. The van der Waals surface area contributed by atoms with Crippen LogP contribution < -0.4 is 5.32 Å². The molecule has 0 radical (unpaired) electrons. The Morgan fingerprint density at radius 3 is 2.90 bits per heavy atom. The van der Waals surface area contributed by atoms with Crippen LogP contribution in [-0.4, -0.2) is 46.6 Å². The molecule has 1 unspecified atom stereocenters. The van der Waals surface area contributed by atoms with Gasteiger partial charge < -0.3 is 15.3 Å². The van der Waals surface area contributed by atoms with Gasteiger partial charge in [-0.25, -0.2) is 9.78 Å². The molecule has 2 rings (SSSR count). The van der Waals surface area contributed by atoms with Crippen LogP contribution >= 0.6 is 11.3 Å². The van der Waals surface area contributed by atoms with E-state index in [4.69, 9.17) is 5.11 Å². The van der Waals surface area contributed by atoms with Crippen molar-refractivity contribution in [3.05, 3.63) is 16.1 Å². The number of amides is 2. The summed E-state index contributed by atoms with van der Waals surface area (Å²) >= 11 is 1.67. The molecule has 0 aliphatic carbocycles. The number of carbonyl (C=O) groups excluding carboxylic acids is 1. The number of carboxylic acids is 1. The maximum Gasteiger partial charge on any atom is 0.317 e. The van der Waals surface area contributed by atoms with Gasteiger partial charge in [-0.05, 0) is 19.8 Å². The molecular weight excluding hydrogens is 290 g/mol. The van der Waals surface area contributed by atoms with Gasteiger partial charge in [0.25, 0.3) is 0 Å². The fourth-order valence-electron chi connectivity index (χ4n) is 2.32. The average molecular weight is 311 g/mol. The summed E-state index contributed by atoms with van der Waals surface area (Å²) in [7, 11) is 0. The van der Waals surface area contributed by atoms with E-state index in [1.807, 2.05) is 6.20 Å². The maximum absolute atomic E-state index is 12.0. The predicted octanol–water partition coefficient (Wildman–Crippen LogP) is 1.75. The number of nitrogens with one attached hydrogen (secondary N) is 1. The number of rotatable bonds is 5. The second-order valence-electron chi connectivity index (χ2n) is 5.59. The van der Waals surface area contributed by atoms with Gasteiger partial charge in [0.15, 0.2) is 0 Å². The zero-order valence-electron chi connectivity index (χ0n) is 12.4. The third-order valence-corrected chi connectivity index (χ3v) is 5.04. The van der Waals surface area contributed by atoms with E-state index in [1.54, 1.807) is 23.2 Å². The average Bonchev–Trinajstić information content (AvgIpc) is 3.06. The van der Waals surface area contributed by atoms with Gasteiger partial charge in [-0.3, -0.25) is 4.79 Å². The minimum Gasteiger partial charge on any atom is -0.481 e. The van der Waals surface area contributed by atoms with Crippen molar-refractivity contribution < 1.29 is 14.7 Å². The number of nitrogens with zero attached hydrogens (tertiary/aromatic N) is 2. The molecule has 1 aromatic rings. The molecule has 2 heterocycles. The fraction of sp³-hybridized carbons (Fsp3) is 0.643. The summed E-state index contributed by atoms with van der Waals surface area (Å²) in [5, 5.41) is 13.0. The molecule has 0 bridgehead atoms. The summed E-state index contributed by atoms with van der Waals surface area (Å²) in [6, 6.07) is -0.188. The molecule has 21 heavy (non-hydrogen) atoms. The van der Waals surface area contributed by atoms with Gasteiger partial charge >= 0.3 is 12.0 Å². The molecule has 2 N–H and O–H groups in total. The summed E-state index contributed by atoms with van der Waals surface area (Å²) in [5.74, 6) is -0.840. The highest BCUT2D eigenvalue weighted by Crippen LogP contribution is 2.29. The zero-order chi connectivity index (χ0) is 15.5. The smallest absolute Gasteiger partial charge is 0.317 e. The Hall–Kier alpha value is -1.63. The van der Waals surface area contributed by atoms with E-state index in [-0.39, 0.29) is 12.6 Å². The largest absolute Gasteiger partial charge is 0.481 e. The van der Waals surface area contributed by atoms with E-state index >= 15 is 0 Å². The number of carboxylic acid groups (broad SMARTS) is 1. The van der Waals surface area contributed by atoms with Gasteiger partial charge in [-0.15, -0.1) is 11.3 Å². The Kier molecular flexibility index (Phi) is 4.82. The first-order chi connectivity index (χ1) is 9.94. The van der Waals surface area contributed by atoms with Crippen molar-refractivity contribution in [2.24, 2.45) is 5.41 Å². The number of urea groups is 1. The number of likely N-dealkylation sites (tertiary alicyclic amines) is 1. The number of hydrogen-bond acceptors (Lipinski definition) is 4. The highest BCUT2D eigenvalue weighted by molar-refractivity contribution is 7.11. The highest BCUT2D eigenvalue weighted by Gasteiger charge is 2.42. The van der Waals surface area contributed by atoms with Crippen molar-refractivity contribution in [1.29, 1.82) is 0 Å². The van der Waals surface area contributed by atoms with Crippen LogP contribution in [0.1, 0.15) is 30.2 Å². The molecule has 1 aliphatic heterocycles. The predicted molar refractivity (Wildman–Crippen MR) is 80.5 cm³/mol. The summed E-state index contributed by atoms with van der Waals surface area (Å²) in [6.45, 7) is 5.06. The molecule has 1 atom stereocenters. The molecule has 6 nitrogen and oxygen atoms in total. The van der Waals surface area contributed by atoms with Gasteiger partial charge in [0.05, 0.1) is 10.4 Å². The molecule has 1 aliphatic rings. The summed E-state index contributed by atoms with van der Waals surface area (Å²) in [4.78, 5) is 30.3. The number of aromatic nitrogens is 1. The van der Waals surface area contributed by atoms with E-state index in [0.29, 0.717) is 25.9 Å². The lowest BCUT2D eigenvalue weighted by Crippen LogP contribution is -2.41. The molecule has 0 aromatic carbocycles. The molecule has 1 saturated heterocycles. The number of carbonyl (C=O) groups is 2. The molecule has 116 valence electrons. The minimum atomic E-state index is -0.840. The Morgan fingerprint density at radius 2 is 2.33 bits per heavy atom. The van der Waals surface area contributed by atoms with Crippen LogP contribution in [0, 0.1) is 5.41 Å². The lowest BCUT2D eigenvalue weighted by atomic mass is 9.90. The van der Waals surface area contributed by atoms with Crippen LogP contribution in [0.5, 0.6) is 0 Å². The Morgan fingerprint density at radius 1 is 1.57 bits per heavy atom. The fourth-order valence-corrected chi connectivity index (χ4v) is 3.19. The SMILES string of the molecule is CCc1cnc(CCNC(=O)N2CCC(C)(C(=O)O)C2)s1. The third kappa shape index (κ3) is 3.72. The zero-order valence-corrected chi connectivity index (χ0v) is 13.2. The quantitative estimate of drug-likeness (QED) is 0.868. The lowest BCUT2D eigenvalue weighted by Gasteiger charge is -2.20. The van der Waals surface area contributed by atoms with Crippen molar-refractivity contribution in [1.82, 2.24) is 15.2 Å². The van der Waals surface area contributed by atoms with Gasteiger partial charge in [-0.2, -0.15) is 0 Å². The monoisotopic (exact) mass is 311 g/mol. The van der Waals surface area contributed by atoms with Crippen LogP contribution in [0.15, 0.2) is 6.20 Å². The van der Waals surface area contributed by atoms with Gasteiger partial charge in [0, 0.05) is 37.1 Å². The highest BCUT2D eigenvalue weighted by atomic mass is 32.1. The first-order valence-electron chi connectivity index (χ1n) is 7.14. The first-order valence-corrected chi connectivity index (χ1v) is 7.96. The van der Waals surface area contributed by atoms with Crippen molar-refractivity contribution in [2.45, 2.75) is 33.1 Å². The lowest BCUT2D eigenvalue weighted by molar-refractivity contribution is -0.146. The molecule has 7 heteroatoms. The molecule has 1 fully saturated rings. The van der Waals surface area contributed by atoms with Crippen molar-refractivity contribution in [3.8, 4) is 0 Å². The van der Waals surface area contributed by atoms with Crippen LogP contribution in [0.25, 0.3) is 0 Å². The van der Waals surface area contributed by atoms with E-state index in [1.165, 1.54) is 4.88 Å². The Balaban J connectivity index is 1.76. The van der Waals surface area contributed by atoms with Crippen molar-refractivity contribution >= 4 is 23.3 Å². The van der Waals surface area contributed by atoms with E-state index < -0.39 is 11.4 Å². The van der Waals surface area contributed by atoms with E-state index in [9.17, 15) is 9.59 Å². The summed E-state index contributed by atoms with van der Waals surface area (Å²) < 4.78 is 0. The minimum absolute atomic E-state index is 0.188. The third-order valence-electron chi connectivity index (χ3n) is 3.84. The Bertz CT molecular complexity index is 531. The molecule has 2 amide bonds. The number of aryl methyl sites for hydroxylation is 1. The van der Waals surface area contributed by atoms with Crippen LogP contribution in [-0.2, 0) is 17.6 Å². The maximum atomic E-state index is 12.0. The topological polar surface area (TPSA) is 82.5 Å². The summed E-state index contributed by atoms with van der Waals surface area (Å²) in [6.07, 6.45) is 4.06. The number of hydrogen-bond donors (Lipinski definition) is 2. The number of thiazole rings is 1. The van der Waals surface area contributed by atoms with E-state index in [0.717, 1.165) is 11.4 Å². The summed E-state index contributed by atoms with van der Waals surface area (Å²) in [5.41, 5.74) is -0.817. The molecule has 1 aromatic heterocycles. The van der Waals surface area contributed by atoms with Crippen LogP contribution in [0.4, 0.5) is 4.79 Å². The first kappa shape index (κ1) is 15.8. The molecule has 0 spiro atoms. The second kappa shape index (κ2) is 6.43.